The number of carboxylic acid groups (broad SMARTS) is 1. The second-order valence-electron chi connectivity index (χ2n) is 4.81. The van der Waals surface area contributed by atoms with E-state index in [2.05, 4.69) is 44.7 Å². The van der Waals surface area contributed by atoms with Gasteiger partial charge in [-0.15, -0.1) is 11.3 Å². The quantitative estimate of drug-likeness (QED) is 0.823. The van der Waals surface area contributed by atoms with E-state index in [9.17, 15) is 4.79 Å². The van der Waals surface area contributed by atoms with Gasteiger partial charge in [0.15, 0.2) is 0 Å². The standard InChI is InChI=1S/C14H23NO2S/c1-5-12-6-7-13(18-12)11(4)15(10(2)3)9-8-14(16)17/h6-7,10-11H,5,8-9H2,1-4H3,(H,16,17). The fourth-order valence-electron chi connectivity index (χ4n) is 2.10. The smallest absolute Gasteiger partial charge is 0.304 e. The number of carboxylic acids is 1. The molecule has 0 fully saturated rings. The lowest BCUT2D eigenvalue weighted by Gasteiger charge is -2.31. The van der Waals surface area contributed by atoms with E-state index in [1.165, 1.54) is 9.75 Å². The highest BCUT2D eigenvalue weighted by atomic mass is 32.1. The third-order valence-corrected chi connectivity index (χ3v) is 4.59. The van der Waals surface area contributed by atoms with Gasteiger partial charge in [-0.25, -0.2) is 0 Å². The van der Waals surface area contributed by atoms with Crippen LogP contribution in [0.1, 0.15) is 49.9 Å². The van der Waals surface area contributed by atoms with E-state index in [1.807, 2.05) is 11.3 Å². The zero-order valence-corrected chi connectivity index (χ0v) is 12.5. The van der Waals surface area contributed by atoms with Crippen LogP contribution in [0.3, 0.4) is 0 Å². The zero-order chi connectivity index (χ0) is 13.7. The predicted octanol–water partition coefficient (Wildman–Crippen LogP) is 3.56. The summed E-state index contributed by atoms with van der Waals surface area (Å²) in [4.78, 5) is 15.7. The highest BCUT2D eigenvalue weighted by Gasteiger charge is 2.20. The number of thiophene rings is 1. The van der Waals surface area contributed by atoms with E-state index in [1.54, 1.807) is 0 Å². The van der Waals surface area contributed by atoms with Crippen molar-refractivity contribution in [2.75, 3.05) is 6.54 Å². The van der Waals surface area contributed by atoms with Crippen LogP contribution >= 0.6 is 11.3 Å². The minimum Gasteiger partial charge on any atom is -0.481 e. The highest BCUT2D eigenvalue weighted by Crippen LogP contribution is 2.29. The van der Waals surface area contributed by atoms with Crippen molar-refractivity contribution in [3.63, 3.8) is 0 Å². The Bertz CT molecular complexity index is 387. The summed E-state index contributed by atoms with van der Waals surface area (Å²) in [5.74, 6) is -0.728. The molecule has 0 saturated carbocycles. The average molecular weight is 269 g/mol. The molecular formula is C14H23NO2S. The molecule has 0 radical (unpaired) electrons. The molecule has 0 saturated heterocycles. The summed E-state index contributed by atoms with van der Waals surface area (Å²) in [7, 11) is 0. The van der Waals surface area contributed by atoms with E-state index in [-0.39, 0.29) is 12.5 Å². The second kappa shape index (κ2) is 6.90. The van der Waals surface area contributed by atoms with Crippen LogP contribution in [0, 0.1) is 0 Å². The van der Waals surface area contributed by atoms with Gasteiger partial charge in [-0.1, -0.05) is 6.92 Å². The Morgan fingerprint density at radius 2 is 2.06 bits per heavy atom. The number of nitrogens with zero attached hydrogens (tertiary/aromatic N) is 1. The van der Waals surface area contributed by atoms with Crippen molar-refractivity contribution < 1.29 is 9.90 Å². The van der Waals surface area contributed by atoms with Crippen molar-refractivity contribution in [2.45, 2.75) is 52.6 Å². The van der Waals surface area contributed by atoms with Gasteiger partial charge in [-0.05, 0) is 39.3 Å². The summed E-state index contributed by atoms with van der Waals surface area (Å²) >= 11 is 1.83. The largest absolute Gasteiger partial charge is 0.481 e. The topological polar surface area (TPSA) is 40.5 Å². The maximum Gasteiger partial charge on any atom is 0.304 e. The molecule has 1 N–H and O–H groups in total. The number of aliphatic carboxylic acids is 1. The molecule has 0 aliphatic rings. The van der Waals surface area contributed by atoms with E-state index in [0.717, 1.165) is 6.42 Å². The van der Waals surface area contributed by atoms with Gasteiger partial charge in [0.05, 0.1) is 6.42 Å². The Kier molecular flexibility index (Phi) is 5.82. The van der Waals surface area contributed by atoms with Crippen LogP contribution < -0.4 is 0 Å². The first-order valence-corrected chi connectivity index (χ1v) is 7.33. The summed E-state index contributed by atoms with van der Waals surface area (Å²) in [5, 5.41) is 8.81. The molecule has 18 heavy (non-hydrogen) atoms. The minimum atomic E-state index is -0.728. The number of rotatable bonds is 7. The maximum absolute atomic E-state index is 10.7. The van der Waals surface area contributed by atoms with Gasteiger partial charge >= 0.3 is 5.97 Å². The Labute approximate surface area is 113 Å². The predicted molar refractivity (Wildman–Crippen MR) is 76.2 cm³/mol. The van der Waals surface area contributed by atoms with Gasteiger partial charge < -0.3 is 5.11 Å². The van der Waals surface area contributed by atoms with E-state index < -0.39 is 5.97 Å². The first-order valence-electron chi connectivity index (χ1n) is 6.51. The fraction of sp³-hybridized carbons (Fsp3) is 0.643. The van der Waals surface area contributed by atoms with Crippen LogP contribution in [0.4, 0.5) is 0 Å². The molecule has 1 unspecified atom stereocenters. The van der Waals surface area contributed by atoms with Crippen LogP contribution in [-0.4, -0.2) is 28.6 Å². The molecule has 3 nitrogen and oxygen atoms in total. The monoisotopic (exact) mass is 269 g/mol. The molecule has 1 aromatic heterocycles. The highest BCUT2D eigenvalue weighted by molar-refractivity contribution is 7.12. The fourth-order valence-corrected chi connectivity index (χ4v) is 3.12. The van der Waals surface area contributed by atoms with Crippen molar-refractivity contribution in [3.05, 3.63) is 21.9 Å². The zero-order valence-electron chi connectivity index (χ0n) is 11.6. The normalized spacial score (nSPS) is 13.2. The molecule has 102 valence electrons. The molecule has 0 aliphatic carbocycles. The molecule has 1 rings (SSSR count). The summed E-state index contributed by atoms with van der Waals surface area (Å²) in [6.45, 7) is 9.16. The molecular weight excluding hydrogens is 246 g/mol. The molecule has 0 aromatic carbocycles. The molecule has 4 heteroatoms. The third kappa shape index (κ3) is 4.10. The summed E-state index contributed by atoms with van der Waals surface area (Å²) in [6, 6.07) is 4.98. The molecule has 0 amide bonds. The van der Waals surface area contributed by atoms with Crippen molar-refractivity contribution in [1.82, 2.24) is 4.90 Å². The van der Waals surface area contributed by atoms with Crippen LogP contribution in [0.25, 0.3) is 0 Å². The van der Waals surface area contributed by atoms with Crippen molar-refractivity contribution >= 4 is 17.3 Å². The maximum atomic E-state index is 10.7. The first-order chi connectivity index (χ1) is 8.45. The van der Waals surface area contributed by atoms with Crippen LogP contribution in [0.2, 0.25) is 0 Å². The SMILES string of the molecule is CCc1ccc(C(C)N(CCC(=O)O)C(C)C)s1. The Hall–Kier alpha value is -0.870. The lowest BCUT2D eigenvalue weighted by molar-refractivity contribution is -0.137. The lowest BCUT2D eigenvalue weighted by atomic mass is 10.1. The Morgan fingerprint density at radius 3 is 2.50 bits per heavy atom. The average Bonchev–Trinajstić information content (AvgIpc) is 2.76. The summed E-state index contributed by atoms with van der Waals surface area (Å²) in [5.41, 5.74) is 0. The van der Waals surface area contributed by atoms with Crippen LogP contribution in [0.15, 0.2) is 12.1 Å². The molecule has 0 aliphatic heterocycles. The van der Waals surface area contributed by atoms with E-state index in [0.29, 0.717) is 12.6 Å². The van der Waals surface area contributed by atoms with Gasteiger partial charge in [0.2, 0.25) is 0 Å². The number of carbonyl (C=O) groups is 1. The van der Waals surface area contributed by atoms with Gasteiger partial charge in [0, 0.05) is 28.4 Å². The molecule has 1 aromatic rings. The van der Waals surface area contributed by atoms with Crippen LogP contribution in [0.5, 0.6) is 0 Å². The third-order valence-electron chi connectivity index (χ3n) is 3.19. The number of hydrogen-bond acceptors (Lipinski definition) is 3. The summed E-state index contributed by atoms with van der Waals surface area (Å²) in [6.07, 6.45) is 1.27. The Morgan fingerprint density at radius 1 is 1.39 bits per heavy atom. The van der Waals surface area contributed by atoms with Crippen LogP contribution in [-0.2, 0) is 11.2 Å². The van der Waals surface area contributed by atoms with E-state index in [4.69, 9.17) is 5.11 Å². The van der Waals surface area contributed by atoms with Gasteiger partial charge in [0.1, 0.15) is 0 Å². The van der Waals surface area contributed by atoms with Crippen molar-refractivity contribution in [2.24, 2.45) is 0 Å². The lowest BCUT2D eigenvalue weighted by Crippen LogP contribution is -2.35. The molecule has 1 atom stereocenters. The van der Waals surface area contributed by atoms with E-state index >= 15 is 0 Å². The molecule has 1 heterocycles. The van der Waals surface area contributed by atoms with Crippen molar-refractivity contribution in [1.29, 1.82) is 0 Å². The van der Waals surface area contributed by atoms with Crippen molar-refractivity contribution in [3.8, 4) is 0 Å². The molecule has 0 spiro atoms. The van der Waals surface area contributed by atoms with Gasteiger partial charge in [0.25, 0.3) is 0 Å². The summed E-state index contributed by atoms with van der Waals surface area (Å²) < 4.78 is 0. The van der Waals surface area contributed by atoms with Gasteiger partial charge in [-0.3, -0.25) is 9.69 Å². The molecule has 0 bridgehead atoms. The minimum absolute atomic E-state index is 0.203. The number of hydrogen-bond donors (Lipinski definition) is 1. The second-order valence-corrected chi connectivity index (χ2v) is 6.01. The Balaban J connectivity index is 2.75. The van der Waals surface area contributed by atoms with Gasteiger partial charge in [-0.2, -0.15) is 0 Å². The number of aryl methyl sites for hydroxylation is 1. The first kappa shape index (κ1) is 15.2.